The molecule has 18 heavy (non-hydrogen) atoms. The van der Waals surface area contributed by atoms with Crippen LogP contribution >= 0.6 is 38.9 Å². The van der Waals surface area contributed by atoms with E-state index in [1.807, 2.05) is 24.3 Å². The third-order valence-corrected chi connectivity index (χ3v) is 4.88. The maximum absolute atomic E-state index is 6.00. The molecule has 0 fully saturated rings. The van der Waals surface area contributed by atoms with Gasteiger partial charge in [-0.25, -0.2) is 0 Å². The summed E-state index contributed by atoms with van der Waals surface area (Å²) < 4.78 is 6.86. The van der Waals surface area contributed by atoms with E-state index < -0.39 is 0 Å². The topological polar surface area (TPSA) is 21.3 Å². The van der Waals surface area contributed by atoms with E-state index in [0.717, 1.165) is 26.6 Å². The molecule has 1 aromatic heterocycles. The molecule has 0 amide bonds. The van der Waals surface area contributed by atoms with Gasteiger partial charge in [0.05, 0.1) is 6.61 Å². The van der Waals surface area contributed by atoms with Crippen LogP contribution in [0.2, 0.25) is 4.34 Å². The number of rotatable bonds is 5. The fourth-order valence-corrected chi connectivity index (χ4v) is 3.34. The number of hydrogen-bond donors (Lipinski definition) is 1. The molecule has 0 aliphatic carbocycles. The Morgan fingerprint density at radius 3 is 2.89 bits per heavy atom. The van der Waals surface area contributed by atoms with Crippen molar-refractivity contribution in [1.82, 2.24) is 0 Å². The van der Waals surface area contributed by atoms with Gasteiger partial charge in [-0.3, -0.25) is 0 Å². The first-order valence-electron chi connectivity index (χ1n) is 5.44. The average Bonchev–Trinajstić information content (AvgIpc) is 2.67. The summed E-state index contributed by atoms with van der Waals surface area (Å²) >= 11 is 11.0. The van der Waals surface area contributed by atoms with Crippen LogP contribution in [0.5, 0.6) is 0 Å². The van der Waals surface area contributed by atoms with Crippen molar-refractivity contribution in [2.24, 2.45) is 0 Å². The van der Waals surface area contributed by atoms with E-state index in [2.05, 4.69) is 27.3 Å². The van der Waals surface area contributed by atoms with Crippen molar-refractivity contribution < 1.29 is 4.74 Å². The molecule has 0 saturated heterocycles. The summed E-state index contributed by atoms with van der Waals surface area (Å²) in [4.78, 5) is 1.20. The molecule has 1 heterocycles. The highest BCUT2D eigenvalue weighted by Crippen LogP contribution is 2.32. The molecule has 0 bridgehead atoms. The smallest absolute Gasteiger partial charge is 0.107 e. The molecule has 1 aromatic carbocycles. The SMILES string of the molecule is COCc1cccc(NCc2cc(Br)c(Cl)s2)c1. The van der Waals surface area contributed by atoms with E-state index in [1.54, 1.807) is 18.4 Å². The quantitative estimate of drug-likeness (QED) is 0.829. The van der Waals surface area contributed by atoms with Gasteiger partial charge in [0.1, 0.15) is 4.34 Å². The average molecular weight is 347 g/mol. The maximum atomic E-state index is 6.00. The molecule has 0 unspecified atom stereocenters. The van der Waals surface area contributed by atoms with Gasteiger partial charge in [0.15, 0.2) is 0 Å². The van der Waals surface area contributed by atoms with E-state index in [9.17, 15) is 0 Å². The molecular formula is C13H13BrClNOS. The molecule has 96 valence electrons. The summed E-state index contributed by atoms with van der Waals surface area (Å²) in [5.41, 5.74) is 2.25. The minimum atomic E-state index is 0.631. The number of ether oxygens (including phenoxy) is 1. The minimum absolute atomic E-state index is 0.631. The summed E-state index contributed by atoms with van der Waals surface area (Å²) in [7, 11) is 1.70. The van der Waals surface area contributed by atoms with E-state index in [-0.39, 0.29) is 0 Å². The Bertz CT molecular complexity index is 510. The zero-order chi connectivity index (χ0) is 13.0. The van der Waals surface area contributed by atoms with Crippen LogP contribution < -0.4 is 5.32 Å². The van der Waals surface area contributed by atoms with Crippen molar-refractivity contribution in [2.75, 3.05) is 12.4 Å². The number of benzene rings is 1. The van der Waals surface area contributed by atoms with Crippen molar-refractivity contribution in [3.63, 3.8) is 0 Å². The number of anilines is 1. The van der Waals surface area contributed by atoms with Crippen molar-refractivity contribution in [1.29, 1.82) is 0 Å². The molecule has 0 saturated carbocycles. The number of halogens is 2. The Morgan fingerprint density at radius 2 is 2.22 bits per heavy atom. The summed E-state index contributed by atoms with van der Waals surface area (Å²) in [6.07, 6.45) is 0. The van der Waals surface area contributed by atoms with Crippen molar-refractivity contribution in [2.45, 2.75) is 13.2 Å². The van der Waals surface area contributed by atoms with Crippen LogP contribution in [0.3, 0.4) is 0 Å². The van der Waals surface area contributed by atoms with Gasteiger partial charge >= 0.3 is 0 Å². The molecule has 0 aliphatic heterocycles. The van der Waals surface area contributed by atoms with E-state index in [4.69, 9.17) is 16.3 Å². The Hall–Kier alpha value is -0.550. The highest BCUT2D eigenvalue weighted by Gasteiger charge is 2.04. The van der Waals surface area contributed by atoms with Crippen molar-refractivity contribution >= 4 is 44.6 Å². The lowest BCUT2D eigenvalue weighted by atomic mass is 10.2. The van der Waals surface area contributed by atoms with Crippen molar-refractivity contribution in [3.05, 3.63) is 49.6 Å². The lowest BCUT2D eigenvalue weighted by Gasteiger charge is -2.06. The fraction of sp³-hybridized carbons (Fsp3) is 0.231. The van der Waals surface area contributed by atoms with Gasteiger partial charge in [0, 0.05) is 28.7 Å². The lowest BCUT2D eigenvalue weighted by molar-refractivity contribution is 0.185. The van der Waals surface area contributed by atoms with Gasteiger partial charge in [0.25, 0.3) is 0 Å². The lowest BCUT2D eigenvalue weighted by Crippen LogP contribution is -1.98. The Labute approximate surface area is 124 Å². The number of hydrogen-bond acceptors (Lipinski definition) is 3. The predicted octanol–water partition coefficient (Wildman–Crippen LogP) is 4.92. The second-order valence-electron chi connectivity index (χ2n) is 3.82. The van der Waals surface area contributed by atoms with Gasteiger partial charge in [0.2, 0.25) is 0 Å². The summed E-state index contributed by atoms with van der Waals surface area (Å²) in [5.74, 6) is 0. The van der Waals surface area contributed by atoms with Gasteiger partial charge in [-0.05, 0) is 39.7 Å². The third kappa shape index (κ3) is 3.72. The van der Waals surface area contributed by atoms with E-state index >= 15 is 0 Å². The first-order chi connectivity index (χ1) is 8.69. The van der Waals surface area contributed by atoms with Crippen LogP contribution in [-0.2, 0) is 17.9 Å². The van der Waals surface area contributed by atoms with E-state index in [0.29, 0.717) is 6.61 Å². The van der Waals surface area contributed by atoms with Crippen LogP contribution in [0.4, 0.5) is 5.69 Å². The molecule has 2 aromatic rings. The molecule has 0 radical (unpaired) electrons. The molecule has 2 rings (SSSR count). The van der Waals surface area contributed by atoms with Crippen LogP contribution in [-0.4, -0.2) is 7.11 Å². The van der Waals surface area contributed by atoms with Gasteiger partial charge in [-0.1, -0.05) is 23.7 Å². The van der Waals surface area contributed by atoms with Crippen LogP contribution in [0.1, 0.15) is 10.4 Å². The standard InChI is InChI=1S/C13H13BrClNOS/c1-17-8-9-3-2-4-10(5-9)16-7-11-6-12(14)13(15)18-11/h2-6,16H,7-8H2,1H3. The van der Waals surface area contributed by atoms with Gasteiger partial charge in [-0.2, -0.15) is 0 Å². The van der Waals surface area contributed by atoms with Gasteiger partial charge < -0.3 is 10.1 Å². The van der Waals surface area contributed by atoms with Crippen molar-refractivity contribution in [3.8, 4) is 0 Å². The normalized spacial score (nSPS) is 10.6. The second-order valence-corrected chi connectivity index (χ2v) is 6.41. The summed E-state index contributed by atoms with van der Waals surface area (Å²) in [6, 6.07) is 10.2. The zero-order valence-electron chi connectivity index (χ0n) is 9.87. The number of nitrogens with one attached hydrogen (secondary N) is 1. The van der Waals surface area contributed by atoms with Gasteiger partial charge in [-0.15, -0.1) is 11.3 Å². The molecular weight excluding hydrogens is 334 g/mol. The first-order valence-corrected chi connectivity index (χ1v) is 7.43. The number of thiophene rings is 1. The van der Waals surface area contributed by atoms with Crippen LogP contribution in [0.25, 0.3) is 0 Å². The van der Waals surface area contributed by atoms with E-state index in [1.165, 1.54) is 4.88 Å². The number of methoxy groups -OCH3 is 1. The van der Waals surface area contributed by atoms with Crippen LogP contribution in [0, 0.1) is 0 Å². The highest BCUT2D eigenvalue weighted by molar-refractivity contribution is 9.10. The largest absolute Gasteiger partial charge is 0.380 e. The molecule has 2 nitrogen and oxygen atoms in total. The summed E-state index contributed by atoms with van der Waals surface area (Å²) in [6.45, 7) is 1.40. The third-order valence-electron chi connectivity index (χ3n) is 2.40. The maximum Gasteiger partial charge on any atom is 0.107 e. The van der Waals surface area contributed by atoms with Crippen LogP contribution in [0.15, 0.2) is 34.8 Å². The minimum Gasteiger partial charge on any atom is -0.380 e. The molecule has 0 aliphatic rings. The monoisotopic (exact) mass is 345 g/mol. The Morgan fingerprint density at radius 1 is 1.39 bits per heavy atom. The Balaban J connectivity index is 1.99. The molecule has 5 heteroatoms. The molecule has 0 atom stereocenters. The fourth-order valence-electron chi connectivity index (χ4n) is 1.61. The molecule has 1 N–H and O–H groups in total. The molecule has 0 spiro atoms. The predicted molar refractivity (Wildman–Crippen MR) is 81.5 cm³/mol. The first kappa shape index (κ1) is 13.9. The zero-order valence-corrected chi connectivity index (χ0v) is 13.0. The second kappa shape index (κ2) is 6.57. The highest BCUT2D eigenvalue weighted by atomic mass is 79.9. The Kier molecular flexibility index (Phi) is 5.06. The summed E-state index contributed by atoms with van der Waals surface area (Å²) in [5, 5.41) is 3.38.